The van der Waals surface area contributed by atoms with E-state index in [4.69, 9.17) is 0 Å². The van der Waals surface area contributed by atoms with Crippen molar-refractivity contribution in [1.82, 2.24) is 0 Å². The number of ether oxygens (including phenoxy) is 1. The molecule has 1 atom stereocenters. The maximum Gasteiger partial charge on any atom is 0.338 e. The average molecular weight is 265 g/mol. The zero-order valence-corrected chi connectivity index (χ0v) is 9.39. The van der Waals surface area contributed by atoms with Crippen molar-refractivity contribution in [2.75, 3.05) is 12.4 Å². The molecule has 1 N–H and O–H groups in total. The van der Waals surface area contributed by atoms with E-state index in [-0.39, 0.29) is 5.97 Å². The van der Waals surface area contributed by atoms with Gasteiger partial charge in [0.1, 0.15) is 0 Å². The highest BCUT2D eigenvalue weighted by Crippen LogP contribution is 2.23. The van der Waals surface area contributed by atoms with Crippen molar-refractivity contribution in [2.45, 2.75) is 6.10 Å². The smallest absolute Gasteiger partial charge is 0.338 e. The number of hydrogen-bond acceptors (Lipinski definition) is 4. The summed E-state index contributed by atoms with van der Waals surface area (Å²) in [5.74, 6) is -0.371. The van der Waals surface area contributed by atoms with Gasteiger partial charge in [0, 0.05) is 15.6 Å². The SMILES string of the molecule is COC(=O)c1csc(C(O)CBr)c1. The monoisotopic (exact) mass is 264 g/mol. The number of esters is 1. The normalized spacial score (nSPS) is 12.5. The number of aliphatic hydroxyl groups is 1. The second kappa shape index (κ2) is 4.74. The summed E-state index contributed by atoms with van der Waals surface area (Å²) in [7, 11) is 1.33. The molecule has 1 rings (SSSR count). The molecular weight excluding hydrogens is 256 g/mol. The third-order valence-electron chi connectivity index (χ3n) is 1.52. The summed E-state index contributed by atoms with van der Waals surface area (Å²) in [6.45, 7) is 0. The van der Waals surface area contributed by atoms with Crippen molar-refractivity contribution in [2.24, 2.45) is 0 Å². The van der Waals surface area contributed by atoms with Crippen LogP contribution < -0.4 is 0 Å². The average Bonchev–Trinajstić information content (AvgIpc) is 2.64. The highest BCUT2D eigenvalue weighted by Gasteiger charge is 2.12. The summed E-state index contributed by atoms with van der Waals surface area (Å²) >= 11 is 4.50. The highest BCUT2D eigenvalue weighted by atomic mass is 79.9. The number of rotatable bonds is 3. The molecule has 0 aliphatic carbocycles. The molecule has 0 fully saturated rings. The largest absolute Gasteiger partial charge is 0.465 e. The first kappa shape index (κ1) is 10.7. The number of carbonyl (C=O) groups is 1. The minimum absolute atomic E-state index is 0.371. The zero-order chi connectivity index (χ0) is 9.84. The minimum atomic E-state index is -0.552. The molecule has 1 aromatic heterocycles. The molecule has 0 radical (unpaired) electrons. The molecule has 0 aliphatic heterocycles. The Morgan fingerprint density at radius 3 is 3.08 bits per heavy atom. The van der Waals surface area contributed by atoms with Crippen LogP contribution in [-0.2, 0) is 4.74 Å². The molecule has 13 heavy (non-hydrogen) atoms. The molecule has 0 spiro atoms. The minimum Gasteiger partial charge on any atom is -0.465 e. The number of halogens is 1. The van der Waals surface area contributed by atoms with Gasteiger partial charge in [0.05, 0.1) is 18.8 Å². The van der Waals surface area contributed by atoms with Crippen molar-refractivity contribution in [3.63, 3.8) is 0 Å². The molecule has 0 amide bonds. The van der Waals surface area contributed by atoms with Crippen LogP contribution in [0.5, 0.6) is 0 Å². The van der Waals surface area contributed by atoms with Crippen molar-refractivity contribution in [1.29, 1.82) is 0 Å². The van der Waals surface area contributed by atoms with Crippen LogP contribution in [0.25, 0.3) is 0 Å². The number of carbonyl (C=O) groups excluding carboxylic acids is 1. The Hall–Kier alpha value is -0.390. The number of aliphatic hydroxyl groups excluding tert-OH is 1. The summed E-state index contributed by atoms with van der Waals surface area (Å²) in [5, 5.41) is 11.5. The summed E-state index contributed by atoms with van der Waals surface area (Å²) in [6, 6.07) is 1.64. The standard InChI is InChI=1S/C8H9BrO3S/c1-12-8(11)5-2-7(13-4-5)6(10)3-9/h2,4,6,10H,3H2,1H3. The van der Waals surface area contributed by atoms with E-state index in [0.717, 1.165) is 4.88 Å². The summed E-state index contributed by atoms with van der Waals surface area (Å²) < 4.78 is 4.54. The number of thiophene rings is 1. The first-order valence-electron chi connectivity index (χ1n) is 3.59. The third kappa shape index (κ3) is 2.52. The van der Waals surface area contributed by atoms with Crippen LogP contribution in [0.3, 0.4) is 0 Å². The van der Waals surface area contributed by atoms with Gasteiger partial charge in [-0.15, -0.1) is 11.3 Å². The van der Waals surface area contributed by atoms with Gasteiger partial charge in [0.15, 0.2) is 0 Å². The lowest BCUT2D eigenvalue weighted by Gasteiger charge is -2.00. The lowest BCUT2D eigenvalue weighted by molar-refractivity contribution is 0.0601. The predicted octanol–water partition coefficient (Wildman–Crippen LogP) is 1.96. The maximum absolute atomic E-state index is 11.0. The predicted molar refractivity (Wildman–Crippen MR) is 54.4 cm³/mol. The van der Waals surface area contributed by atoms with Crippen LogP contribution in [0.2, 0.25) is 0 Å². The first-order valence-corrected chi connectivity index (χ1v) is 5.60. The number of methoxy groups -OCH3 is 1. The molecule has 0 saturated heterocycles. The van der Waals surface area contributed by atoms with Gasteiger partial charge < -0.3 is 9.84 Å². The fourth-order valence-electron chi connectivity index (χ4n) is 0.828. The molecule has 3 nitrogen and oxygen atoms in total. The maximum atomic E-state index is 11.0. The molecule has 0 aromatic carbocycles. The van der Waals surface area contributed by atoms with E-state index < -0.39 is 6.10 Å². The summed E-state index contributed by atoms with van der Waals surface area (Å²) in [6.07, 6.45) is -0.552. The van der Waals surface area contributed by atoms with Crippen molar-refractivity contribution < 1.29 is 14.6 Å². The van der Waals surface area contributed by atoms with Gasteiger partial charge >= 0.3 is 5.97 Å². The molecule has 0 bridgehead atoms. The van der Waals surface area contributed by atoms with E-state index >= 15 is 0 Å². The number of alkyl halides is 1. The van der Waals surface area contributed by atoms with Crippen LogP contribution in [0.4, 0.5) is 0 Å². The lowest BCUT2D eigenvalue weighted by Crippen LogP contribution is -1.99. The van der Waals surface area contributed by atoms with E-state index in [1.807, 2.05) is 0 Å². The van der Waals surface area contributed by atoms with Gasteiger partial charge in [-0.2, -0.15) is 0 Å². The number of hydrogen-bond donors (Lipinski definition) is 1. The van der Waals surface area contributed by atoms with Gasteiger partial charge in [-0.05, 0) is 6.07 Å². The molecule has 0 saturated carbocycles. The van der Waals surface area contributed by atoms with Gasteiger partial charge in [-0.3, -0.25) is 0 Å². The molecule has 1 unspecified atom stereocenters. The Bertz CT molecular complexity index is 297. The topological polar surface area (TPSA) is 46.5 Å². The molecule has 1 heterocycles. The van der Waals surface area contributed by atoms with Gasteiger partial charge in [0.25, 0.3) is 0 Å². The van der Waals surface area contributed by atoms with E-state index in [9.17, 15) is 9.90 Å². The Balaban J connectivity index is 2.80. The van der Waals surface area contributed by atoms with E-state index in [1.165, 1.54) is 18.4 Å². The Labute approximate surface area is 88.5 Å². The molecule has 72 valence electrons. The lowest BCUT2D eigenvalue weighted by atomic mass is 10.2. The van der Waals surface area contributed by atoms with Crippen LogP contribution in [0.1, 0.15) is 21.3 Å². The Morgan fingerprint density at radius 2 is 2.54 bits per heavy atom. The molecular formula is C8H9BrO3S. The van der Waals surface area contributed by atoms with Crippen LogP contribution in [-0.4, -0.2) is 23.5 Å². The summed E-state index contributed by atoms with van der Waals surface area (Å²) in [4.78, 5) is 11.8. The Morgan fingerprint density at radius 1 is 1.85 bits per heavy atom. The van der Waals surface area contributed by atoms with Crippen LogP contribution in [0, 0.1) is 0 Å². The van der Waals surface area contributed by atoms with Crippen LogP contribution >= 0.6 is 27.3 Å². The fourth-order valence-corrected chi connectivity index (χ4v) is 2.25. The van der Waals surface area contributed by atoms with Crippen molar-refractivity contribution in [3.05, 3.63) is 21.9 Å². The second-order valence-corrected chi connectivity index (χ2v) is 3.99. The van der Waals surface area contributed by atoms with Gasteiger partial charge in [0.2, 0.25) is 0 Å². The van der Waals surface area contributed by atoms with E-state index in [2.05, 4.69) is 20.7 Å². The molecule has 5 heteroatoms. The third-order valence-corrected chi connectivity index (χ3v) is 3.16. The van der Waals surface area contributed by atoms with Crippen molar-refractivity contribution >= 4 is 33.2 Å². The molecule has 0 aliphatic rings. The highest BCUT2D eigenvalue weighted by molar-refractivity contribution is 9.09. The molecule has 1 aromatic rings. The van der Waals surface area contributed by atoms with E-state index in [1.54, 1.807) is 11.4 Å². The summed E-state index contributed by atoms with van der Waals surface area (Å²) in [5.41, 5.74) is 0.488. The van der Waals surface area contributed by atoms with Crippen LogP contribution in [0.15, 0.2) is 11.4 Å². The quantitative estimate of drug-likeness (QED) is 0.671. The first-order chi connectivity index (χ1) is 6.19. The fraction of sp³-hybridized carbons (Fsp3) is 0.375. The second-order valence-electron chi connectivity index (χ2n) is 2.40. The zero-order valence-electron chi connectivity index (χ0n) is 6.99. The van der Waals surface area contributed by atoms with Gasteiger partial charge in [-0.1, -0.05) is 15.9 Å². The Kier molecular flexibility index (Phi) is 3.90. The van der Waals surface area contributed by atoms with Gasteiger partial charge in [-0.25, -0.2) is 4.79 Å². The van der Waals surface area contributed by atoms with E-state index in [0.29, 0.717) is 10.9 Å². The van der Waals surface area contributed by atoms with Crippen molar-refractivity contribution in [3.8, 4) is 0 Å².